The number of ether oxygens (including phenoxy) is 1. The lowest BCUT2D eigenvalue weighted by Gasteiger charge is -2.34. The standard InChI is InChI=1S/C26H21F2N5O2.C6H13N.2C2H6/c1-3-17-20(27)7-4-13-8-16(34)9-18(21(13)17)23-22(28)24-19(10-29-23)25(32-26(31-24)35-2)33-11-14-5-6-15(12-33)30-14;1-6-4-3-5-7(6)2;2*1-2/h1,4,7-10,14-15,30,34H,5-6,11-12H2,2H3;6H,3-5H2,1-2H3;2*1-2H3. The number of methoxy groups -OCH3 is 1. The van der Waals surface area contributed by atoms with Crippen LogP contribution in [-0.4, -0.2) is 76.9 Å². The van der Waals surface area contributed by atoms with Gasteiger partial charge in [0, 0.05) is 48.4 Å². The highest BCUT2D eigenvalue weighted by molar-refractivity contribution is 6.03. The number of hydrogen-bond donors (Lipinski definition) is 2. The number of benzene rings is 2. The number of terminal acetylenes is 1. The Labute approximate surface area is 271 Å². The van der Waals surface area contributed by atoms with Gasteiger partial charge in [0.2, 0.25) is 0 Å². The zero-order chi connectivity index (χ0) is 33.5. The van der Waals surface area contributed by atoms with Crippen molar-refractivity contribution in [2.24, 2.45) is 0 Å². The van der Waals surface area contributed by atoms with E-state index in [0.717, 1.165) is 32.0 Å². The first-order valence-corrected chi connectivity index (χ1v) is 16.3. The average Bonchev–Trinajstić information content (AvgIpc) is 3.63. The fourth-order valence-electron chi connectivity index (χ4n) is 6.34. The third-order valence-electron chi connectivity index (χ3n) is 8.68. The van der Waals surface area contributed by atoms with E-state index >= 15 is 4.39 Å². The van der Waals surface area contributed by atoms with Gasteiger partial charge in [-0.1, -0.05) is 39.7 Å². The summed E-state index contributed by atoms with van der Waals surface area (Å²) in [5.41, 5.74) is 0.0627. The minimum absolute atomic E-state index is 0.0258. The number of phenols is 1. The number of aromatic hydroxyl groups is 1. The number of nitrogens with zero attached hydrogens (tertiary/aromatic N) is 5. The van der Waals surface area contributed by atoms with Crippen molar-refractivity contribution in [3.63, 3.8) is 0 Å². The number of rotatable bonds is 3. The van der Waals surface area contributed by atoms with E-state index in [0.29, 0.717) is 28.7 Å². The summed E-state index contributed by atoms with van der Waals surface area (Å²) in [6.07, 6.45) is 12.1. The van der Waals surface area contributed by atoms with Crippen LogP contribution in [0.2, 0.25) is 0 Å². The van der Waals surface area contributed by atoms with E-state index in [9.17, 15) is 9.50 Å². The zero-order valence-electron chi connectivity index (χ0n) is 28.0. The molecule has 5 heterocycles. The van der Waals surface area contributed by atoms with Crippen molar-refractivity contribution in [2.75, 3.05) is 38.7 Å². The highest BCUT2D eigenvalue weighted by Gasteiger charge is 2.34. The molecule has 3 fully saturated rings. The maximum atomic E-state index is 16.1. The number of fused-ring (bicyclic) bond motifs is 4. The second kappa shape index (κ2) is 15.5. The molecule has 46 heavy (non-hydrogen) atoms. The number of piperazine rings is 1. The Hall–Kier alpha value is -4.07. The van der Waals surface area contributed by atoms with Gasteiger partial charge in [0.05, 0.1) is 18.1 Å². The zero-order valence-corrected chi connectivity index (χ0v) is 28.0. The van der Waals surface area contributed by atoms with Crippen LogP contribution in [-0.2, 0) is 0 Å². The molecule has 246 valence electrons. The molecule has 2 bridgehead atoms. The Kier molecular flexibility index (Phi) is 11.7. The van der Waals surface area contributed by atoms with Crippen LogP contribution < -0.4 is 15.0 Å². The molecule has 3 unspecified atom stereocenters. The van der Waals surface area contributed by atoms with Crippen LogP contribution in [0.1, 0.15) is 65.9 Å². The van der Waals surface area contributed by atoms with Crippen LogP contribution in [0, 0.1) is 24.0 Å². The fourth-order valence-corrected chi connectivity index (χ4v) is 6.34. The lowest BCUT2D eigenvalue weighted by molar-refractivity contribution is 0.331. The third kappa shape index (κ3) is 7.01. The van der Waals surface area contributed by atoms with E-state index in [1.165, 1.54) is 57.0 Å². The Morgan fingerprint density at radius 2 is 1.74 bits per heavy atom. The van der Waals surface area contributed by atoms with Gasteiger partial charge in [0.25, 0.3) is 0 Å². The molecule has 3 aliphatic heterocycles. The summed E-state index contributed by atoms with van der Waals surface area (Å²) in [6.45, 7) is 13.1. The van der Waals surface area contributed by atoms with Gasteiger partial charge in [-0.15, -0.1) is 6.42 Å². The topological polar surface area (TPSA) is 86.6 Å². The molecule has 3 aliphatic rings. The van der Waals surface area contributed by atoms with E-state index < -0.39 is 11.6 Å². The van der Waals surface area contributed by atoms with Gasteiger partial charge in [-0.25, -0.2) is 8.78 Å². The molecule has 0 amide bonds. The first kappa shape index (κ1) is 34.8. The van der Waals surface area contributed by atoms with E-state index in [4.69, 9.17) is 11.2 Å². The van der Waals surface area contributed by atoms with Gasteiger partial charge in [-0.05, 0) is 69.8 Å². The summed E-state index contributed by atoms with van der Waals surface area (Å²) in [6, 6.07) is 7.04. The molecular formula is C36H46F2N6O2. The first-order valence-electron chi connectivity index (χ1n) is 16.3. The third-order valence-corrected chi connectivity index (χ3v) is 8.68. The molecule has 2 N–H and O–H groups in total. The van der Waals surface area contributed by atoms with Crippen molar-refractivity contribution in [3.8, 4) is 35.4 Å². The van der Waals surface area contributed by atoms with Crippen LogP contribution in [0.3, 0.4) is 0 Å². The van der Waals surface area contributed by atoms with E-state index in [2.05, 4.69) is 50.0 Å². The summed E-state index contributed by atoms with van der Waals surface area (Å²) in [4.78, 5) is 17.7. The van der Waals surface area contributed by atoms with Gasteiger partial charge in [0.15, 0.2) is 5.82 Å². The lowest BCUT2D eigenvalue weighted by atomic mass is 9.96. The number of anilines is 1. The number of phenolic OH excluding ortho intramolecular Hbond substituents is 1. The molecule has 3 saturated heterocycles. The molecule has 2 aromatic carbocycles. The Balaban J connectivity index is 0.000000378. The predicted octanol–water partition coefficient (Wildman–Crippen LogP) is 6.91. The van der Waals surface area contributed by atoms with E-state index in [1.807, 2.05) is 27.7 Å². The van der Waals surface area contributed by atoms with Crippen LogP contribution in [0.15, 0.2) is 30.5 Å². The second-order valence-corrected chi connectivity index (χ2v) is 11.4. The number of aromatic nitrogens is 3. The highest BCUT2D eigenvalue weighted by atomic mass is 19.1. The minimum Gasteiger partial charge on any atom is -0.508 e. The normalized spacial score (nSPS) is 20.2. The number of pyridine rings is 1. The quantitative estimate of drug-likeness (QED) is 0.236. The molecule has 4 aromatic rings. The van der Waals surface area contributed by atoms with Crippen LogP contribution in [0.5, 0.6) is 11.8 Å². The van der Waals surface area contributed by atoms with Gasteiger partial charge in [0.1, 0.15) is 28.6 Å². The maximum Gasteiger partial charge on any atom is 0.318 e. The lowest BCUT2D eigenvalue weighted by Crippen LogP contribution is -2.51. The van der Waals surface area contributed by atoms with Crippen molar-refractivity contribution in [3.05, 3.63) is 47.7 Å². The van der Waals surface area contributed by atoms with Gasteiger partial charge < -0.3 is 25.0 Å². The molecule has 0 spiro atoms. The monoisotopic (exact) mass is 632 g/mol. The average molecular weight is 633 g/mol. The van der Waals surface area contributed by atoms with Crippen molar-refractivity contribution < 1.29 is 18.6 Å². The van der Waals surface area contributed by atoms with Gasteiger partial charge in [-0.2, -0.15) is 9.97 Å². The molecule has 8 nitrogen and oxygen atoms in total. The first-order chi connectivity index (χ1) is 22.3. The van der Waals surface area contributed by atoms with Crippen molar-refractivity contribution >= 4 is 27.5 Å². The molecular weight excluding hydrogens is 586 g/mol. The summed E-state index contributed by atoms with van der Waals surface area (Å²) in [5, 5.41) is 15.1. The van der Waals surface area contributed by atoms with Crippen molar-refractivity contribution in [1.82, 2.24) is 25.2 Å². The summed E-state index contributed by atoms with van der Waals surface area (Å²) >= 11 is 0. The number of nitrogens with one attached hydrogen (secondary N) is 1. The Bertz CT molecular complexity index is 1690. The molecule has 0 radical (unpaired) electrons. The second-order valence-electron chi connectivity index (χ2n) is 11.4. The smallest absolute Gasteiger partial charge is 0.318 e. The molecule has 0 saturated carbocycles. The summed E-state index contributed by atoms with van der Waals surface area (Å²) < 4.78 is 35.9. The number of halogens is 2. The fraction of sp³-hybridized carbons (Fsp3) is 0.472. The minimum atomic E-state index is -0.735. The van der Waals surface area contributed by atoms with Crippen LogP contribution in [0.25, 0.3) is 32.9 Å². The largest absolute Gasteiger partial charge is 0.508 e. The highest BCUT2D eigenvalue weighted by Crippen LogP contribution is 2.39. The van der Waals surface area contributed by atoms with E-state index in [-0.39, 0.29) is 39.5 Å². The van der Waals surface area contributed by atoms with Crippen molar-refractivity contribution in [2.45, 2.75) is 78.4 Å². The molecule has 7 rings (SSSR count). The SMILES string of the molecule is C#Cc1c(F)ccc2cc(O)cc(-c3ncc4c(N5CC6CCC(C5)N6)nc(OC)nc4c3F)c12.CC.CC.CC1CCCN1C. The molecule has 0 aliphatic carbocycles. The van der Waals surface area contributed by atoms with Gasteiger partial charge in [-0.3, -0.25) is 4.98 Å². The number of hydrogen-bond acceptors (Lipinski definition) is 8. The summed E-state index contributed by atoms with van der Waals surface area (Å²) in [5.74, 6) is 1.42. The number of likely N-dealkylation sites (tertiary alicyclic amines) is 1. The molecule has 3 atom stereocenters. The Morgan fingerprint density at radius 1 is 1.04 bits per heavy atom. The molecule has 2 aromatic heterocycles. The molecule has 10 heteroatoms. The van der Waals surface area contributed by atoms with E-state index in [1.54, 1.807) is 0 Å². The summed E-state index contributed by atoms with van der Waals surface area (Å²) in [7, 11) is 3.62. The van der Waals surface area contributed by atoms with Gasteiger partial charge >= 0.3 is 6.01 Å². The van der Waals surface area contributed by atoms with Crippen molar-refractivity contribution in [1.29, 1.82) is 0 Å². The maximum absolute atomic E-state index is 16.1. The Morgan fingerprint density at radius 3 is 2.30 bits per heavy atom. The predicted molar refractivity (Wildman–Crippen MR) is 183 cm³/mol. The van der Waals surface area contributed by atoms with Crippen LogP contribution in [0.4, 0.5) is 14.6 Å². The van der Waals surface area contributed by atoms with Crippen LogP contribution >= 0.6 is 0 Å².